The first-order valence-corrected chi connectivity index (χ1v) is 8.81. The number of fused-ring (bicyclic) bond motifs is 1. The summed E-state index contributed by atoms with van der Waals surface area (Å²) in [6.07, 6.45) is 1.70. The van der Waals surface area contributed by atoms with Crippen LogP contribution in [0.1, 0.15) is 26.8 Å². The van der Waals surface area contributed by atoms with Crippen LogP contribution in [-0.4, -0.2) is 26.4 Å². The summed E-state index contributed by atoms with van der Waals surface area (Å²) in [5.41, 5.74) is 3.22. The number of hydrogen-bond donors (Lipinski definition) is 0. The molecule has 0 saturated heterocycles. The summed E-state index contributed by atoms with van der Waals surface area (Å²) < 4.78 is 8.34. The molecule has 7 heteroatoms. The van der Waals surface area contributed by atoms with Crippen LogP contribution in [0.25, 0.3) is 22.3 Å². The van der Waals surface area contributed by atoms with Gasteiger partial charge in [0.15, 0.2) is 0 Å². The summed E-state index contributed by atoms with van der Waals surface area (Å²) in [7, 11) is 0. The number of pyridine rings is 2. The fraction of sp³-hybridized carbons (Fsp3) is 0.312. The Morgan fingerprint density at radius 3 is 2.87 bits per heavy atom. The third-order valence-corrected chi connectivity index (χ3v) is 4.40. The lowest BCUT2D eigenvalue weighted by atomic mass is 10.1. The molecule has 23 heavy (non-hydrogen) atoms. The Hall–Kier alpha value is -1.41. The molecule has 0 N–H and O–H groups in total. The molecule has 5 nitrogen and oxygen atoms in total. The van der Waals surface area contributed by atoms with Gasteiger partial charge in [0.25, 0.3) is 0 Å². The van der Waals surface area contributed by atoms with Gasteiger partial charge in [-0.1, -0.05) is 11.6 Å². The molecular formula is C16H16ClIN4O. The van der Waals surface area contributed by atoms with Crippen molar-refractivity contribution >= 4 is 45.2 Å². The van der Waals surface area contributed by atoms with Gasteiger partial charge in [0, 0.05) is 12.2 Å². The topological polar surface area (TPSA) is 52.8 Å². The number of halogens is 2. The molecule has 3 rings (SSSR count). The van der Waals surface area contributed by atoms with Crippen LogP contribution in [0.15, 0.2) is 24.4 Å². The Morgan fingerprint density at radius 2 is 2.17 bits per heavy atom. The molecule has 0 aliphatic rings. The molecule has 0 bridgehead atoms. The van der Waals surface area contributed by atoms with Gasteiger partial charge in [0.05, 0.1) is 22.9 Å². The molecule has 120 valence electrons. The fourth-order valence-corrected chi connectivity index (χ4v) is 3.30. The van der Waals surface area contributed by atoms with E-state index in [-0.39, 0.29) is 6.04 Å². The van der Waals surface area contributed by atoms with E-state index >= 15 is 0 Å². The molecule has 3 heterocycles. The monoisotopic (exact) mass is 442 g/mol. The average molecular weight is 443 g/mol. The maximum absolute atomic E-state index is 6.54. The Bertz CT molecular complexity index is 863. The van der Waals surface area contributed by atoms with E-state index in [2.05, 4.69) is 46.5 Å². The maximum atomic E-state index is 6.54. The van der Waals surface area contributed by atoms with Crippen LogP contribution >= 0.6 is 34.2 Å². The first-order chi connectivity index (χ1) is 11.0. The van der Waals surface area contributed by atoms with Crippen LogP contribution in [0.4, 0.5) is 0 Å². The van der Waals surface area contributed by atoms with Gasteiger partial charge >= 0.3 is 0 Å². The minimum atomic E-state index is 0.212. The minimum absolute atomic E-state index is 0.212. The minimum Gasteiger partial charge on any atom is -0.477 e. The van der Waals surface area contributed by atoms with Crippen LogP contribution in [0.5, 0.6) is 5.88 Å². The molecule has 3 aromatic rings. The predicted octanol–water partition coefficient (Wildman–Crippen LogP) is 4.73. The van der Waals surface area contributed by atoms with Gasteiger partial charge in [-0.2, -0.15) is 5.10 Å². The Labute approximate surface area is 153 Å². The van der Waals surface area contributed by atoms with Gasteiger partial charge in [-0.3, -0.25) is 4.68 Å². The summed E-state index contributed by atoms with van der Waals surface area (Å²) in [6, 6.07) is 5.85. The van der Waals surface area contributed by atoms with Gasteiger partial charge in [0.1, 0.15) is 14.7 Å². The highest BCUT2D eigenvalue weighted by Crippen LogP contribution is 2.34. The molecule has 0 aliphatic carbocycles. The lowest BCUT2D eigenvalue weighted by molar-refractivity contribution is 0.328. The zero-order valence-corrected chi connectivity index (χ0v) is 16.0. The fourth-order valence-electron chi connectivity index (χ4n) is 2.41. The molecule has 0 amide bonds. The predicted molar refractivity (Wildman–Crippen MR) is 100 cm³/mol. The Kier molecular flexibility index (Phi) is 4.72. The van der Waals surface area contributed by atoms with Gasteiger partial charge in [-0.05, 0) is 61.6 Å². The van der Waals surface area contributed by atoms with Gasteiger partial charge < -0.3 is 4.74 Å². The van der Waals surface area contributed by atoms with Gasteiger partial charge in [-0.15, -0.1) is 0 Å². The van der Waals surface area contributed by atoms with Crippen LogP contribution < -0.4 is 4.74 Å². The molecule has 0 unspecified atom stereocenters. The SMILES string of the molecule is CCOc1ncccc1-c1cc(Cl)c2c(n1)c(I)nn2C(C)C. The summed E-state index contributed by atoms with van der Waals surface area (Å²) in [5, 5.41) is 5.18. The number of rotatable bonds is 4. The molecule has 0 saturated carbocycles. The van der Waals surface area contributed by atoms with Crippen LogP contribution in [0, 0.1) is 3.70 Å². The second-order valence-electron chi connectivity index (χ2n) is 5.30. The summed E-state index contributed by atoms with van der Waals surface area (Å²) in [4.78, 5) is 9.04. The number of hydrogen-bond acceptors (Lipinski definition) is 4. The molecular weight excluding hydrogens is 427 g/mol. The van der Waals surface area contributed by atoms with E-state index in [0.717, 1.165) is 26.0 Å². The van der Waals surface area contributed by atoms with E-state index < -0.39 is 0 Å². The molecule has 0 aromatic carbocycles. The van der Waals surface area contributed by atoms with Crippen LogP contribution in [0.3, 0.4) is 0 Å². The zero-order chi connectivity index (χ0) is 16.6. The lowest BCUT2D eigenvalue weighted by Gasteiger charge is -2.10. The zero-order valence-electron chi connectivity index (χ0n) is 13.0. The van der Waals surface area contributed by atoms with E-state index in [4.69, 9.17) is 21.3 Å². The molecule has 0 fully saturated rings. The average Bonchev–Trinajstić information content (AvgIpc) is 2.86. The summed E-state index contributed by atoms with van der Waals surface area (Å²) in [6.45, 7) is 6.61. The van der Waals surface area contributed by atoms with E-state index in [9.17, 15) is 0 Å². The highest BCUT2D eigenvalue weighted by molar-refractivity contribution is 14.1. The van der Waals surface area contributed by atoms with Crippen molar-refractivity contribution in [1.82, 2.24) is 19.7 Å². The van der Waals surface area contributed by atoms with E-state index in [1.165, 1.54) is 0 Å². The second kappa shape index (κ2) is 6.60. The van der Waals surface area contributed by atoms with E-state index in [1.54, 1.807) is 6.20 Å². The quantitative estimate of drug-likeness (QED) is 0.548. The summed E-state index contributed by atoms with van der Waals surface area (Å²) >= 11 is 8.73. The number of ether oxygens (including phenoxy) is 1. The standard InChI is InChI=1S/C16H16ClIN4O/c1-4-23-16-10(6-5-7-19-16)12-8-11(17)14-13(20-12)15(18)21-22(14)9(2)3/h5-9H,4H2,1-3H3. The molecule has 3 aromatic heterocycles. The van der Waals surface area contributed by atoms with Crippen molar-refractivity contribution in [3.63, 3.8) is 0 Å². The third kappa shape index (κ3) is 3.01. The van der Waals surface area contributed by atoms with Crippen molar-refractivity contribution in [1.29, 1.82) is 0 Å². The van der Waals surface area contributed by atoms with E-state index in [0.29, 0.717) is 17.5 Å². The molecule has 0 aliphatic heterocycles. The van der Waals surface area contributed by atoms with Crippen molar-refractivity contribution in [3.8, 4) is 17.1 Å². The Morgan fingerprint density at radius 1 is 1.39 bits per heavy atom. The van der Waals surface area contributed by atoms with Crippen molar-refractivity contribution in [2.24, 2.45) is 0 Å². The van der Waals surface area contributed by atoms with Gasteiger partial charge in [-0.25, -0.2) is 9.97 Å². The van der Waals surface area contributed by atoms with Crippen molar-refractivity contribution in [2.45, 2.75) is 26.8 Å². The van der Waals surface area contributed by atoms with E-state index in [1.807, 2.05) is 29.8 Å². The van der Waals surface area contributed by atoms with Gasteiger partial charge in [0.2, 0.25) is 5.88 Å². The first kappa shape index (κ1) is 16.4. The normalized spacial score (nSPS) is 11.4. The third-order valence-electron chi connectivity index (χ3n) is 3.38. The van der Waals surface area contributed by atoms with Crippen LogP contribution in [-0.2, 0) is 0 Å². The van der Waals surface area contributed by atoms with Crippen molar-refractivity contribution in [3.05, 3.63) is 33.1 Å². The first-order valence-electron chi connectivity index (χ1n) is 7.35. The maximum Gasteiger partial charge on any atom is 0.222 e. The van der Waals surface area contributed by atoms with Crippen LogP contribution in [0.2, 0.25) is 5.02 Å². The van der Waals surface area contributed by atoms with Crippen molar-refractivity contribution < 1.29 is 4.74 Å². The Balaban J connectivity index is 2.24. The number of aromatic nitrogens is 4. The number of nitrogens with zero attached hydrogens (tertiary/aromatic N) is 4. The highest BCUT2D eigenvalue weighted by atomic mass is 127. The smallest absolute Gasteiger partial charge is 0.222 e. The molecule has 0 atom stereocenters. The van der Waals surface area contributed by atoms with Crippen molar-refractivity contribution in [2.75, 3.05) is 6.61 Å². The largest absolute Gasteiger partial charge is 0.477 e. The summed E-state index contributed by atoms with van der Waals surface area (Å²) in [5.74, 6) is 0.559. The lowest BCUT2D eigenvalue weighted by Crippen LogP contribution is -2.03. The highest BCUT2D eigenvalue weighted by Gasteiger charge is 2.18. The molecule has 0 radical (unpaired) electrons. The molecule has 0 spiro atoms. The second-order valence-corrected chi connectivity index (χ2v) is 6.73.